The van der Waals surface area contributed by atoms with Gasteiger partial charge in [0.25, 0.3) is 0 Å². The molecular formula is C12H23N3OS. The maximum absolute atomic E-state index is 11.6. The van der Waals surface area contributed by atoms with E-state index in [1.54, 1.807) is 0 Å². The van der Waals surface area contributed by atoms with Crippen LogP contribution in [0.15, 0.2) is 0 Å². The van der Waals surface area contributed by atoms with E-state index < -0.39 is 0 Å². The zero-order chi connectivity index (χ0) is 12.8. The van der Waals surface area contributed by atoms with Crippen molar-refractivity contribution in [3.63, 3.8) is 0 Å². The SMILES string of the molecule is CC(C)NC(=O)CCN1CCCCC1C(N)=S. The lowest BCUT2D eigenvalue weighted by Gasteiger charge is -2.34. The molecule has 5 heteroatoms. The molecule has 1 aliphatic rings. The Morgan fingerprint density at radius 1 is 1.53 bits per heavy atom. The van der Waals surface area contributed by atoms with Gasteiger partial charge < -0.3 is 11.1 Å². The second-order valence-electron chi connectivity index (χ2n) is 4.92. The van der Waals surface area contributed by atoms with E-state index in [9.17, 15) is 4.79 Å². The largest absolute Gasteiger partial charge is 0.392 e. The number of carbonyl (C=O) groups excluding carboxylic acids is 1. The summed E-state index contributed by atoms with van der Waals surface area (Å²) in [6, 6.07) is 0.390. The summed E-state index contributed by atoms with van der Waals surface area (Å²) in [6.45, 7) is 5.69. The molecule has 0 aromatic heterocycles. The molecule has 1 aliphatic heterocycles. The second-order valence-corrected chi connectivity index (χ2v) is 5.39. The summed E-state index contributed by atoms with van der Waals surface area (Å²) < 4.78 is 0. The zero-order valence-corrected chi connectivity index (χ0v) is 11.6. The minimum atomic E-state index is 0.104. The van der Waals surface area contributed by atoms with Crippen LogP contribution in [0, 0.1) is 0 Å². The van der Waals surface area contributed by atoms with Crippen LogP contribution in [-0.4, -0.2) is 41.0 Å². The van der Waals surface area contributed by atoms with Crippen molar-refractivity contribution in [3.05, 3.63) is 0 Å². The number of nitrogens with two attached hydrogens (primary N) is 1. The molecule has 0 aliphatic carbocycles. The molecular weight excluding hydrogens is 234 g/mol. The Labute approximate surface area is 109 Å². The number of nitrogens with one attached hydrogen (secondary N) is 1. The van der Waals surface area contributed by atoms with Crippen LogP contribution < -0.4 is 11.1 Å². The van der Waals surface area contributed by atoms with Gasteiger partial charge in [-0.15, -0.1) is 0 Å². The van der Waals surface area contributed by atoms with Crippen LogP contribution in [0.1, 0.15) is 39.5 Å². The normalized spacial score (nSPS) is 21.5. The van der Waals surface area contributed by atoms with Crippen molar-refractivity contribution in [2.75, 3.05) is 13.1 Å². The summed E-state index contributed by atoms with van der Waals surface area (Å²) in [5, 5.41) is 2.90. The maximum atomic E-state index is 11.6. The van der Waals surface area contributed by atoms with Gasteiger partial charge in [-0.3, -0.25) is 9.69 Å². The Hall–Kier alpha value is -0.680. The lowest BCUT2D eigenvalue weighted by molar-refractivity contribution is -0.122. The van der Waals surface area contributed by atoms with Gasteiger partial charge in [-0.05, 0) is 33.2 Å². The van der Waals surface area contributed by atoms with Crippen LogP contribution in [0.2, 0.25) is 0 Å². The molecule has 1 saturated heterocycles. The Kier molecular flexibility index (Phi) is 5.85. The zero-order valence-electron chi connectivity index (χ0n) is 10.7. The molecule has 0 aromatic rings. The first-order valence-corrected chi connectivity index (χ1v) is 6.74. The number of nitrogens with zero attached hydrogens (tertiary/aromatic N) is 1. The Bertz CT molecular complexity index is 281. The molecule has 98 valence electrons. The quantitative estimate of drug-likeness (QED) is 0.723. The molecule has 3 N–H and O–H groups in total. The van der Waals surface area contributed by atoms with Crippen LogP contribution in [0.4, 0.5) is 0 Å². The standard InChI is InChI=1S/C12H23N3OS/c1-9(2)14-11(16)6-8-15-7-4-3-5-10(15)12(13)17/h9-10H,3-8H2,1-2H3,(H2,13,17)(H,14,16). The van der Waals surface area contributed by atoms with Gasteiger partial charge in [-0.2, -0.15) is 0 Å². The molecule has 1 heterocycles. The third-order valence-electron chi connectivity index (χ3n) is 3.02. The van der Waals surface area contributed by atoms with E-state index in [1.807, 2.05) is 13.8 Å². The van der Waals surface area contributed by atoms with E-state index in [2.05, 4.69) is 10.2 Å². The monoisotopic (exact) mass is 257 g/mol. The molecule has 1 rings (SSSR count). The number of thiocarbonyl (C=S) groups is 1. The van der Waals surface area contributed by atoms with Crippen molar-refractivity contribution in [2.45, 2.75) is 51.6 Å². The molecule has 0 aromatic carbocycles. The number of hydrogen-bond acceptors (Lipinski definition) is 3. The fraction of sp³-hybridized carbons (Fsp3) is 0.833. The minimum Gasteiger partial charge on any atom is -0.392 e. The van der Waals surface area contributed by atoms with Crippen molar-refractivity contribution in [1.82, 2.24) is 10.2 Å². The Morgan fingerprint density at radius 3 is 2.82 bits per heavy atom. The maximum Gasteiger partial charge on any atom is 0.221 e. The van der Waals surface area contributed by atoms with Gasteiger partial charge in [0.1, 0.15) is 0 Å². The molecule has 17 heavy (non-hydrogen) atoms. The van der Waals surface area contributed by atoms with Gasteiger partial charge in [0.15, 0.2) is 0 Å². The van der Waals surface area contributed by atoms with Crippen molar-refractivity contribution < 1.29 is 4.79 Å². The highest BCUT2D eigenvalue weighted by Crippen LogP contribution is 2.17. The van der Waals surface area contributed by atoms with Crippen LogP contribution in [0.5, 0.6) is 0 Å². The first-order chi connectivity index (χ1) is 8.00. The molecule has 1 unspecified atom stereocenters. The van der Waals surface area contributed by atoms with Gasteiger partial charge in [0, 0.05) is 19.0 Å². The first-order valence-electron chi connectivity index (χ1n) is 6.33. The van der Waals surface area contributed by atoms with Crippen molar-refractivity contribution in [3.8, 4) is 0 Å². The predicted molar refractivity (Wildman–Crippen MR) is 73.9 cm³/mol. The molecule has 1 fully saturated rings. The average molecular weight is 257 g/mol. The summed E-state index contributed by atoms with van der Waals surface area (Å²) >= 11 is 5.08. The van der Waals surface area contributed by atoms with Crippen LogP contribution >= 0.6 is 12.2 Å². The van der Waals surface area contributed by atoms with Gasteiger partial charge in [-0.25, -0.2) is 0 Å². The Morgan fingerprint density at radius 2 is 2.24 bits per heavy atom. The van der Waals surface area contributed by atoms with Gasteiger partial charge in [0.2, 0.25) is 5.91 Å². The summed E-state index contributed by atoms with van der Waals surface area (Å²) in [6.07, 6.45) is 3.90. The molecule has 0 saturated carbocycles. The number of rotatable bonds is 5. The third kappa shape index (κ3) is 5.00. The highest BCUT2D eigenvalue weighted by atomic mass is 32.1. The number of hydrogen-bond donors (Lipinski definition) is 2. The molecule has 1 amide bonds. The number of piperidine rings is 1. The summed E-state index contributed by atoms with van der Waals surface area (Å²) in [4.78, 5) is 14.4. The van der Waals surface area contributed by atoms with E-state index in [-0.39, 0.29) is 18.0 Å². The van der Waals surface area contributed by atoms with E-state index >= 15 is 0 Å². The van der Waals surface area contributed by atoms with E-state index in [4.69, 9.17) is 18.0 Å². The fourth-order valence-corrected chi connectivity index (χ4v) is 2.49. The number of carbonyl (C=O) groups is 1. The highest BCUT2D eigenvalue weighted by Gasteiger charge is 2.24. The van der Waals surface area contributed by atoms with Gasteiger partial charge in [0.05, 0.1) is 11.0 Å². The molecule has 0 radical (unpaired) electrons. The van der Waals surface area contributed by atoms with Gasteiger partial charge in [-0.1, -0.05) is 18.6 Å². The fourth-order valence-electron chi connectivity index (χ4n) is 2.22. The van der Waals surface area contributed by atoms with E-state index in [1.165, 1.54) is 12.8 Å². The van der Waals surface area contributed by atoms with Crippen molar-refractivity contribution in [2.24, 2.45) is 5.73 Å². The van der Waals surface area contributed by atoms with Crippen LogP contribution in [0.3, 0.4) is 0 Å². The first kappa shape index (κ1) is 14.4. The predicted octanol–water partition coefficient (Wildman–Crippen LogP) is 1.04. The van der Waals surface area contributed by atoms with E-state index in [0.717, 1.165) is 19.5 Å². The van der Waals surface area contributed by atoms with Crippen molar-refractivity contribution in [1.29, 1.82) is 0 Å². The Balaban J connectivity index is 2.38. The highest BCUT2D eigenvalue weighted by molar-refractivity contribution is 7.80. The second kappa shape index (κ2) is 6.91. The smallest absolute Gasteiger partial charge is 0.221 e. The minimum absolute atomic E-state index is 0.104. The average Bonchev–Trinajstić information content (AvgIpc) is 2.25. The molecule has 0 spiro atoms. The summed E-state index contributed by atoms with van der Waals surface area (Å²) in [5.74, 6) is 0.104. The number of likely N-dealkylation sites (tertiary alicyclic amines) is 1. The summed E-state index contributed by atoms with van der Waals surface area (Å²) in [7, 11) is 0. The molecule has 1 atom stereocenters. The molecule has 0 bridgehead atoms. The number of amides is 1. The van der Waals surface area contributed by atoms with Crippen molar-refractivity contribution >= 4 is 23.1 Å². The van der Waals surface area contributed by atoms with Crippen LogP contribution in [-0.2, 0) is 4.79 Å². The molecule has 4 nitrogen and oxygen atoms in total. The van der Waals surface area contributed by atoms with Gasteiger partial charge >= 0.3 is 0 Å². The summed E-state index contributed by atoms with van der Waals surface area (Å²) in [5.41, 5.74) is 5.73. The third-order valence-corrected chi connectivity index (χ3v) is 3.29. The topological polar surface area (TPSA) is 58.4 Å². The van der Waals surface area contributed by atoms with E-state index in [0.29, 0.717) is 11.4 Å². The lowest BCUT2D eigenvalue weighted by atomic mass is 10.0. The lowest BCUT2D eigenvalue weighted by Crippen LogP contribution is -2.48. The van der Waals surface area contributed by atoms with Crippen LogP contribution in [0.25, 0.3) is 0 Å².